The second kappa shape index (κ2) is 8.60. The molecule has 2 N–H and O–H groups in total. The van der Waals surface area contributed by atoms with Gasteiger partial charge in [-0.15, -0.1) is 0 Å². The zero-order valence-corrected chi connectivity index (χ0v) is 12.7. The van der Waals surface area contributed by atoms with Crippen LogP contribution in [0, 0.1) is 0 Å². The Kier molecular flexibility index (Phi) is 6.76. The Morgan fingerprint density at radius 2 is 2.40 bits per heavy atom. The Morgan fingerprint density at radius 3 is 3.15 bits per heavy atom. The maximum atomic E-state index is 12.1. The molecule has 0 aromatic rings. The summed E-state index contributed by atoms with van der Waals surface area (Å²) in [6.07, 6.45) is 5.98. The van der Waals surface area contributed by atoms with Gasteiger partial charge in [0.05, 0.1) is 13.2 Å². The predicted octanol–water partition coefficient (Wildman–Crippen LogP) is 0.746. The Hall–Kier alpha value is -0.650. The molecule has 2 unspecified atom stereocenters. The number of carbonyl (C=O) groups excluding carboxylic acids is 1. The van der Waals surface area contributed by atoms with Crippen LogP contribution in [-0.2, 0) is 9.53 Å². The third-order valence-corrected chi connectivity index (χ3v) is 4.25. The number of hydrogen-bond donors (Lipinski definition) is 2. The molecule has 2 aliphatic rings. The van der Waals surface area contributed by atoms with E-state index >= 15 is 0 Å². The maximum Gasteiger partial charge on any atom is 0.239 e. The van der Waals surface area contributed by atoms with Crippen molar-refractivity contribution in [3.63, 3.8) is 0 Å². The molecule has 0 aromatic heterocycles. The first-order valence-corrected chi connectivity index (χ1v) is 8.14. The molecule has 0 radical (unpaired) electrons. The molecule has 1 amide bonds. The van der Waals surface area contributed by atoms with Crippen LogP contribution in [0.1, 0.15) is 39.0 Å². The normalized spacial score (nSPS) is 27.6. The number of nitrogens with zero attached hydrogens (tertiary/aromatic N) is 1. The first kappa shape index (κ1) is 15.7. The van der Waals surface area contributed by atoms with Gasteiger partial charge in [-0.2, -0.15) is 0 Å². The van der Waals surface area contributed by atoms with Gasteiger partial charge in [0, 0.05) is 19.1 Å². The van der Waals surface area contributed by atoms with E-state index in [0.29, 0.717) is 12.6 Å². The highest BCUT2D eigenvalue weighted by atomic mass is 16.5. The van der Waals surface area contributed by atoms with Gasteiger partial charge in [-0.1, -0.05) is 6.92 Å². The van der Waals surface area contributed by atoms with E-state index in [1.165, 1.54) is 25.8 Å². The van der Waals surface area contributed by atoms with Gasteiger partial charge in [0.1, 0.15) is 6.04 Å². The summed E-state index contributed by atoms with van der Waals surface area (Å²) < 4.78 is 5.48. The number of rotatable bonds is 7. The smallest absolute Gasteiger partial charge is 0.239 e. The van der Waals surface area contributed by atoms with Crippen LogP contribution >= 0.6 is 0 Å². The summed E-state index contributed by atoms with van der Waals surface area (Å²) >= 11 is 0. The van der Waals surface area contributed by atoms with E-state index < -0.39 is 0 Å². The summed E-state index contributed by atoms with van der Waals surface area (Å²) in [5, 5.41) is 6.52. The number of carbonyl (C=O) groups is 1. The van der Waals surface area contributed by atoms with Crippen LogP contribution in [0.3, 0.4) is 0 Å². The number of ether oxygens (including phenoxy) is 1. The molecule has 5 heteroatoms. The summed E-state index contributed by atoms with van der Waals surface area (Å²) in [4.78, 5) is 14.4. The lowest BCUT2D eigenvalue weighted by Crippen LogP contribution is -2.54. The van der Waals surface area contributed by atoms with Crippen molar-refractivity contribution < 1.29 is 9.53 Å². The molecule has 2 atom stereocenters. The van der Waals surface area contributed by atoms with Crippen molar-refractivity contribution in [2.75, 3.05) is 39.4 Å². The molecule has 0 saturated carbocycles. The first-order valence-electron chi connectivity index (χ1n) is 8.14. The zero-order chi connectivity index (χ0) is 14.2. The van der Waals surface area contributed by atoms with Crippen LogP contribution in [0.4, 0.5) is 0 Å². The van der Waals surface area contributed by atoms with Gasteiger partial charge in [-0.05, 0) is 45.2 Å². The third-order valence-electron chi connectivity index (χ3n) is 4.25. The molecule has 20 heavy (non-hydrogen) atoms. The van der Waals surface area contributed by atoms with Crippen LogP contribution in [0.25, 0.3) is 0 Å². The summed E-state index contributed by atoms with van der Waals surface area (Å²) in [6.45, 7) is 7.17. The number of nitrogens with one attached hydrogen (secondary N) is 2. The summed E-state index contributed by atoms with van der Waals surface area (Å²) in [6, 6.07) is 0.607. The van der Waals surface area contributed by atoms with E-state index in [-0.39, 0.29) is 11.9 Å². The van der Waals surface area contributed by atoms with Gasteiger partial charge in [-0.3, -0.25) is 9.69 Å². The van der Waals surface area contributed by atoms with Gasteiger partial charge in [0.25, 0.3) is 0 Å². The lowest BCUT2D eigenvalue weighted by molar-refractivity contribution is -0.132. The number of amides is 1. The minimum Gasteiger partial charge on any atom is -0.378 e. The van der Waals surface area contributed by atoms with E-state index in [9.17, 15) is 4.79 Å². The summed E-state index contributed by atoms with van der Waals surface area (Å²) in [5.74, 6) is 0.130. The maximum absolute atomic E-state index is 12.1. The Morgan fingerprint density at radius 1 is 1.50 bits per heavy atom. The molecule has 0 bridgehead atoms. The fourth-order valence-corrected chi connectivity index (χ4v) is 3.06. The first-order chi connectivity index (χ1) is 9.81. The van der Waals surface area contributed by atoms with Gasteiger partial charge in [-0.25, -0.2) is 0 Å². The quantitative estimate of drug-likeness (QED) is 0.724. The van der Waals surface area contributed by atoms with E-state index in [1.54, 1.807) is 0 Å². The van der Waals surface area contributed by atoms with Gasteiger partial charge >= 0.3 is 0 Å². The van der Waals surface area contributed by atoms with E-state index in [2.05, 4.69) is 22.5 Å². The largest absolute Gasteiger partial charge is 0.378 e. The SMILES string of the molecule is CCCNC(=O)C1COCCN1CCCC1CCCN1. The molecule has 2 rings (SSSR count). The molecular formula is C15H29N3O2. The highest BCUT2D eigenvalue weighted by molar-refractivity contribution is 5.81. The lowest BCUT2D eigenvalue weighted by Gasteiger charge is -2.34. The molecule has 2 heterocycles. The lowest BCUT2D eigenvalue weighted by atomic mass is 10.1. The van der Waals surface area contributed by atoms with E-state index in [0.717, 1.165) is 39.1 Å². The third kappa shape index (κ3) is 4.72. The number of hydrogen-bond acceptors (Lipinski definition) is 4. The van der Waals surface area contributed by atoms with E-state index in [4.69, 9.17) is 4.74 Å². The molecule has 2 fully saturated rings. The van der Waals surface area contributed by atoms with Gasteiger partial charge < -0.3 is 15.4 Å². The van der Waals surface area contributed by atoms with Crippen LogP contribution in [-0.4, -0.2) is 62.3 Å². The summed E-state index contributed by atoms with van der Waals surface area (Å²) in [7, 11) is 0. The highest BCUT2D eigenvalue weighted by Crippen LogP contribution is 2.13. The second-order valence-electron chi connectivity index (χ2n) is 5.85. The number of morpholine rings is 1. The van der Waals surface area contributed by atoms with Crippen LogP contribution in [0.2, 0.25) is 0 Å². The molecule has 0 aliphatic carbocycles. The van der Waals surface area contributed by atoms with Crippen molar-refractivity contribution in [2.24, 2.45) is 0 Å². The monoisotopic (exact) mass is 283 g/mol. The molecule has 116 valence electrons. The Labute approximate surface area is 122 Å². The average molecular weight is 283 g/mol. The average Bonchev–Trinajstić information content (AvgIpc) is 2.98. The molecule has 2 aliphatic heterocycles. The minimum atomic E-state index is -0.0909. The fourth-order valence-electron chi connectivity index (χ4n) is 3.06. The van der Waals surface area contributed by atoms with Gasteiger partial charge in [0.15, 0.2) is 0 Å². The van der Waals surface area contributed by atoms with Crippen molar-refractivity contribution in [1.29, 1.82) is 0 Å². The highest BCUT2D eigenvalue weighted by Gasteiger charge is 2.28. The topological polar surface area (TPSA) is 53.6 Å². The standard InChI is InChI=1S/C15H29N3O2/c1-2-7-17-15(19)14-12-20-11-10-18(14)9-4-6-13-5-3-8-16-13/h13-14,16H,2-12H2,1H3,(H,17,19). The molecule has 5 nitrogen and oxygen atoms in total. The van der Waals surface area contributed by atoms with Crippen molar-refractivity contribution in [3.05, 3.63) is 0 Å². The van der Waals surface area contributed by atoms with Crippen LogP contribution < -0.4 is 10.6 Å². The fraction of sp³-hybridized carbons (Fsp3) is 0.933. The van der Waals surface area contributed by atoms with Gasteiger partial charge in [0.2, 0.25) is 5.91 Å². The van der Waals surface area contributed by atoms with Crippen molar-refractivity contribution >= 4 is 5.91 Å². The van der Waals surface area contributed by atoms with Crippen molar-refractivity contribution in [3.8, 4) is 0 Å². The summed E-state index contributed by atoms with van der Waals surface area (Å²) in [5.41, 5.74) is 0. The Bertz CT molecular complexity index is 293. The molecule has 0 aromatic carbocycles. The molecular weight excluding hydrogens is 254 g/mol. The molecule has 2 saturated heterocycles. The molecule has 0 spiro atoms. The predicted molar refractivity (Wildman–Crippen MR) is 79.7 cm³/mol. The second-order valence-corrected chi connectivity index (χ2v) is 5.85. The van der Waals surface area contributed by atoms with Crippen molar-refractivity contribution in [1.82, 2.24) is 15.5 Å². The van der Waals surface area contributed by atoms with Crippen molar-refractivity contribution in [2.45, 2.75) is 51.1 Å². The Balaban J connectivity index is 1.72. The van der Waals surface area contributed by atoms with Crippen LogP contribution in [0.5, 0.6) is 0 Å². The zero-order valence-electron chi connectivity index (χ0n) is 12.7. The van der Waals surface area contributed by atoms with E-state index in [1.807, 2.05) is 0 Å². The minimum absolute atomic E-state index is 0.0909. The van der Waals surface area contributed by atoms with Crippen LogP contribution in [0.15, 0.2) is 0 Å².